The Morgan fingerprint density at radius 3 is 2.62 bits per heavy atom. The van der Waals surface area contributed by atoms with Crippen molar-refractivity contribution in [3.8, 4) is 0 Å². The number of ether oxygens (including phenoxy) is 1. The normalized spacial score (nSPS) is 25.2. The smallest absolute Gasteiger partial charge is 0.128 e. The van der Waals surface area contributed by atoms with Gasteiger partial charge in [-0.05, 0) is 50.8 Å². The monoisotopic (exact) mass is 289 g/mol. The second-order valence-electron chi connectivity index (χ2n) is 6.41. The van der Waals surface area contributed by atoms with E-state index in [-0.39, 0.29) is 0 Å². The van der Waals surface area contributed by atoms with Crippen LogP contribution in [0.1, 0.15) is 31.2 Å². The average Bonchev–Trinajstić information content (AvgIpc) is 2.56. The minimum absolute atomic E-state index is 0.440. The van der Waals surface area contributed by atoms with Crippen molar-refractivity contribution in [3.63, 3.8) is 0 Å². The fourth-order valence-electron chi connectivity index (χ4n) is 3.60. The Bertz CT molecular complexity index is 440. The lowest BCUT2D eigenvalue weighted by Gasteiger charge is -2.42. The van der Waals surface area contributed by atoms with E-state index in [1.807, 2.05) is 13.3 Å². The highest BCUT2D eigenvalue weighted by molar-refractivity contribution is 5.39. The minimum atomic E-state index is 0.440. The van der Waals surface area contributed by atoms with E-state index in [0.717, 1.165) is 31.5 Å². The van der Waals surface area contributed by atoms with Crippen LogP contribution in [0.5, 0.6) is 0 Å². The molecule has 0 amide bonds. The maximum Gasteiger partial charge on any atom is 0.128 e. The quantitative estimate of drug-likeness (QED) is 0.855. The van der Waals surface area contributed by atoms with Crippen molar-refractivity contribution in [2.75, 3.05) is 38.2 Å². The van der Waals surface area contributed by atoms with Crippen molar-refractivity contribution in [2.24, 2.45) is 0 Å². The molecular weight excluding hydrogens is 262 g/mol. The van der Waals surface area contributed by atoms with E-state index in [1.54, 1.807) is 0 Å². The summed E-state index contributed by atoms with van der Waals surface area (Å²) in [6, 6.07) is 5.03. The molecule has 1 atom stereocenters. The molecule has 0 radical (unpaired) electrons. The maximum absolute atomic E-state index is 5.55. The molecule has 2 fully saturated rings. The number of hydrogen-bond acceptors (Lipinski definition) is 4. The molecule has 21 heavy (non-hydrogen) atoms. The van der Waals surface area contributed by atoms with Crippen LogP contribution in [0, 0.1) is 6.92 Å². The van der Waals surface area contributed by atoms with Crippen LogP contribution in [-0.4, -0.2) is 55.3 Å². The van der Waals surface area contributed by atoms with E-state index in [2.05, 4.69) is 33.8 Å². The summed E-state index contributed by atoms with van der Waals surface area (Å²) >= 11 is 0. The number of likely N-dealkylation sites (tertiary alicyclic amines) is 1. The molecule has 116 valence electrons. The maximum atomic E-state index is 5.55. The molecular formula is C17H27N3O. The van der Waals surface area contributed by atoms with Gasteiger partial charge in [-0.3, -0.25) is 4.90 Å². The zero-order valence-corrected chi connectivity index (χ0v) is 13.3. The van der Waals surface area contributed by atoms with Gasteiger partial charge in [-0.1, -0.05) is 6.07 Å². The molecule has 0 N–H and O–H groups in total. The van der Waals surface area contributed by atoms with Gasteiger partial charge < -0.3 is 9.64 Å². The van der Waals surface area contributed by atoms with E-state index in [0.29, 0.717) is 6.10 Å². The molecule has 0 bridgehead atoms. The molecule has 0 aliphatic carbocycles. The van der Waals surface area contributed by atoms with Gasteiger partial charge in [-0.2, -0.15) is 0 Å². The van der Waals surface area contributed by atoms with E-state index in [9.17, 15) is 0 Å². The Morgan fingerprint density at radius 2 is 1.95 bits per heavy atom. The van der Waals surface area contributed by atoms with Crippen molar-refractivity contribution >= 4 is 5.82 Å². The van der Waals surface area contributed by atoms with Gasteiger partial charge in [0.05, 0.1) is 6.10 Å². The number of methoxy groups -OCH3 is 1. The number of rotatable bonds is 3. The first-order valence-corrected chi connectivity index (χ1v) is 8.20. The van der Waals surface area contributed by atoms with Crippen LogP contribution in [0.4, 0.5) is 5.82 Å². The highest BCUT2D eigenvalue weighted by Gasteiger charge is 2.29. The highest BCUT2D eigenvalue weighted by Crippen LogP contribution is 2.24. The zero-order chi connectivity index (χ0) is 14.7. The van der Waals surface area contributed by atoms with Gasteiger partial charge in [0.2, 0.25) is 0 Å². The van der Waals surface area contributed by atoms with Gasteiger partial charge in [0.25, 0.3) is 0 Å². The topological polar surface area (TPSA) is 28.6 Å². The third-order valence-corrected chi connectivity index (χ3v) is 4.94. The molecule has 0 spiro atoms. The Kier molecular flexibility index (Phi) is 4.76. The van der Waals surface area contributed by atoms with E-state index < -0.39 is 0 Å². The summed E-state index contributed by atoms with van der Waals surface area (Å²) in [5.74, 6) is 1.13. The Balaban J connectivity index is 1.54. The SMILES string of the molecule is COC1CCCN(C2CCN(c3ccc(C)cn3)CC2)C1. The van der Waals surface area contributed by atoms with Gasteiger partial charge >= 0.3 is 0 Å². The van der Waals surface area contributed by atoms with Crippen molar-refractivity contribution in [1.29, 1.82) is 0 Å². The van der Waals surface area contributed by atoms with Gasteiger partial charge in [-0.15, -0.1) is 0 Å². The van der Waals surface area contributed by atoms with Crippen LogP contribution >= 0.6 is 0 Å². The molecule has 1 unspecified atom stereocenters. The van der Waals surface area contributed by atoms with E-state index >= 15 is 0 Å². The summed E-state index contributed by atoms with van der Waals surface area (Å²) in [5, 5.41) is 0. The molecule has 2 aliphatic rings. The largest absolute Gasteiger partial charge is 0.380 e. The molecule has 1 aromatic rings. The van der Waals surface area contributed by atoms with Gasteiger partial charge in [0.15, 0.2) is 0 Å². The van der Waals surface area contributed by atoms with Crippen molar-refractivity contribution in [3.05, 3.63) is 23.9 Å². The highest BCUT2D eigenvalue weighted by atomic mass is 16.5. The minimum Gasteiger partial charge on any atom is -0.380 e. The number of aromatic nitrogens is 1. The first-order chi connectivity index (χ1) is 10.3. The second kappa shape index (κ2) is 6.75. The van der Waals surface area contributed by atoms with E-state index in [1.165, 1.54) is 37.8 Å². The van der Waals surface area contributed by atoms with Gasteiger partial charge in [0.1, 0.15) is 5.82 Å². The van der Waals surface area contributed by atoms with Crippen molar-refractivity contribution in [2.45, 2.75) is 44.8 Å². The third kappa shape index (κ3) is 3.55. The average molecular weight is 289 g/mol. The van der Waals surface area contributed by atoms with Crippen LogP contribution in [-0.2, 0) is 4.74 Å². The van der Waals surface area contributed by atoms with Crippen LogP contribution in [0.3, 0.4) is 0 Å². The number of pyridine rings is 1. The number of hydrogen-bond donors (Lipinski definition) is 0. The summed E-state index contributed by atoms with van der Waals surface area (Å²) in [6.07, 6.45) is 7.39. The molecule has 0 saturated carbocycles. The molecule has 1 aromatic heterocycles. The van der Waals surface area contributed by atoms with Crippen molar-refractivity contribution < 1.29 is 4.74 Å². The lowest BCUT2D eigenvalue weighted by atomic mass is 9.99. The first kappa shape index (κ1) is 14.8. The molecule has 3 rings (SSSR count). The summed E-state index contributed by atoms with van der Waals surface area (Å²) in [7, 11) is 1.85. The fraction of sp³-hybridized carbons (Fsp3) is 0.706. The Morgan fingerprint density at radius 1 is 1.14 bits per heavy atom. The number of piperidine rings is 2. The van der Waals surface area contributed by atoms with Gasteiger partial charge in [0, 0.05) is 39.0 Å². The number of anilines is 1. The fourth-order valence-corrected chi connectivity index (χ4v) is 3.60. The lowest BCUT2D eigenvalue weighted by molar-refractivity contribution is 0.0102. The van der Waals surface area contributed by atoms with Gasteiger partial charge in [-0.25, -0.2) is 4.98 Å². The Hall–Kier alpha value is -1.13. The molecule has 2 saturated heterocycles. The first-order valence-electron chi connectivity index (χ1n) is 8.20. The molecule has 2 aliphatic heterocycles. The summed E-state index contributed by atoms with van der Waals surface area (Å²) in [4.78, 5) is 9.63. The number of nitrogens with zero attached hydrogens (tertiary/aromatic N) is 3. The summed E-state index contributed by atoms with van der Waals surface area (Å²) in [5.41, 5.74) is 1.23. The van der Waals surface area contributed by atoms with Crippen LogP contribution in [0.15, 0.2) is 18.3 Å². The van der Waals surface area contributed by atoms with Crippen LogP contribution < -0.4 is 4.90 Å². The number of aryl methyl sites for hydroxylation is 1. The summed E-state index contributed by atoms with van der Waals surface area (Å²) < 4.78 is 5.55. The predicted octanol–water partition coefficient (Wildman–Crippen LogP) is 2.47. The predicted molar refractivity (Wildman–Crippen MR) is 85.8 cm³/mol. The van der Waals surface area contributed by atoms with E-state index in [4.69, 9.17) is 4.74 Å². The zero-order valence-electron chi connectivity index (χ0n) is 13.3. The molecule has 4 heteroatoms. The van der Waals surface area contributed by atoms with Crippen molar-refractivity contribution in [1.82, 2.24) is 9.88 Å². The molecule has 3 heterocycles. The van der Waals surface area contributed by atoms with Crippen LogP contribution in [0.2, 0.25) is 0 Å². The second-order valence-corrected chi connectivity index (χ2v) is 6.41. The summed E-state index contributed by atoms with van der Waals surface area (Å²) in [6.45, 7) is 6.69. The molecule has 0 aromatic carbocycles. The standard InChI is InChI=1S/C17H27N3O/c1-14-5-6-17(18-12-14)19-10-7-15(8-11-19)20-9-3-4-16(13-20)21-2/h5-6,12,15-16H,3-4,7-11,13H2,1-2H3. The lowest BCUT2D eigenvalue weighted by Crippen LogP contribution is -2.50. The van der Waals surface area contributed by atoms with Crippen LogP contribution in [0.25, 0.3) is 0 Å². The Labute approximate surface area is 128 Å². The molecule has 4 nitrogen and oxygen atoms in total. The third-order valence-electron chi connectivity index (χ3n) is 4.94.